The fourth-order valence-electron chi connectivity index (χ4n) is 6.52. The van der Waals surface area contributed by atoms with Gasteiger partial charge < -0.3 is 52.8 Å². The first-order chi connectivity index (χ1) is 29.0. The highest BCUT2D eigenvalue weighted by Gasteiger charge is 2.55. The SMILES string of the molecule is CO[C@H]1O[C@H](COC(=O)c2ccccc2)[C@H](O)[C@H](O[C@H]2O[C@H](COC(C)=O)[C@@H](OC(C)=O)[C@H](OC(C)=O)[C@H]2N=Cc2c(O)n(C)c(=O)n(C)c2=O)[C@H]1OC(=O)c1ccccc1. The maximum absolute atomic E-state index is 13.5. The van der Waals surface area contributed by atoms with Crippen LogP contribution < -0.4 is 11.2 Å². The van der Waals surface area contributed by atoms with Crippen LogP contribution in [0, 0.1) is 0 Å². The van der Waals surface area contributed by atoms with Gasteiger partial charge in [-0.3, -0.25) is 33.3 Å². The van der Waals surface area contributed by atoms with E-state index < -0.39 is 127 Å². The fourth-order valence-corrected chi connectivity index (χ4v) is 6.52. The minimum atomic E-state index is -1.87. The molecule has 0 spiro atoms. The van der Waals surface area contributed by atoms with Gasteiger partial charge in [0.15, 0.2) is 30.9 Å². The van der Waals surface area contributed by atoms with Gasteiger partial charge >= 0.3 is 35.5 Å². The molecule has 0 radical (unpaired) electrons. The Morgan fingerprint density at radius 1 is 0.705 bits per heavy atom. The second kappa shape index (κ2) is 20.3. The average molecular weight is 856 g/mol. The number of hydrogen-bond donors (Lipinski definition) is 2. The third kappa shape index (κ3) is 10.9. The summed E-state index contributed by atoms with van der Waals surface area (Å²) >= 11 is 0. The number of ether oxygens (including phenoxy) is 9. The molecule has 0 aliphatic carbocycles. The van der Waals surface area contributed by atoms with Crippen LogP contribution in [0.15, 0.2) is 75.2 Å². The number of aromatic hydroxyl groups is 1. The number of hydrogen-bond acceptors (Lipinski definition) is 19. The van der Waals surface area contributed by atoms with E-state index in [-0.39, 0.29) is 11.1 Å². The van der Waals surface area contributed by atoms with Gasteiger partial charge in [-0.15, -0.1) is 0 Å². The van der Waals surface area contributed by atoms with E-state index in [1.165, 1.54) is 38.4 Å². The summed E-state index contributed by atoms with van der Waals surface area (Å²) in [6.45, 7) is 1.95. The van der Waals surface area contributed by atoms with E-state index in [1.807, 2.05) is 0 Å². The number of carbonyl (C=O) groups is 5. The predicted octanol–water partition coefficient (Wildman–Crippen LogP) is -0.0715. The summed E-state index contributed by atoms with van der Waals surface area (Å²) in [7, 11) is 3.54. The van der Waals surface area contributed by atoms with E-state index in [4.69, 9.17) is 42.6 Å². The molecule has 2 saturated heterocycles. The lowest BCUT2D eigenvalue weighted by Crippen LogP contribution is -2.66. The van der Waals surface area contributed by atoms with Crippen molar-refractivity contribution in [2.45, 2.75) is 82.1 Å². The van der Waals surface area contributed by atoms with Crippen LogP contribution in [0.5, 0.6) is 5.88 Å². The van der Waals surface area contributed by atoms with E-state index in [0.29, 0.717) is 4.57 Å². The highest BCUT2D eigenvalue weighted by Crippen LogP contribution is 2.35. The molecule has 2 aromatic carbocycles. The van der Waals surface area contributed by atoms with Crippen LogP contribution in [0.4, 0.5) is 0 Å². The van der Waals surface area contributed by atoms with Gasteiger partial charge in [-0.25, -0.2) is 14.4 Å². The Labute approximate surface area is 347 Å². The Kier molecular flexibility index (Phi) is 15.3. The molecule has 328 valence electrons. The monoisotopic (exact) mass is 855 g/mol. The first kappa shape index (κ1) is 45.8. The van der Waals surface area contributed by atoms with Gasteiger partial charge in [-0.2, -0.15) is 0 Å². The zero-order chi connectivity index (χ0) is 44.5. The summed E-state index contributed by atoms with van der Waals surface area (Å²) in [6, 6.07) is 14.0. The van der Waals surface area contributed by atoms with Crippen molar-refractivity contribution in [3.8, 4) is 5.88 Å². The molecular formula is C40H45N3O18. The minimum Gasteiger partial charge on any atom is -0.494 e. The maximum Gasteiger partial charge on any atom is 0.338 e. The van der Waals surface area contributed by atoms with Crippen molar-refractivity contribution in [1.82, 2.24) is 9.13 Å². The van der Waals surface area contributed by atoms with E-state index in [9.17, 15) is 43.8 Å². The number of benzene rings is 2. The number of aliphatic hydroxyl groups is 1. The van der Waals surface area contributed by atoms with Gasteiger partial charge in [0.25, 0.3) is 5.56 Å². The topological polar surface area (TPSA) is 265 Å². The minimum absolute atomic E-state index is 0.0835. The molecule has 10 atom stereocenters. The number of rotatable bonds is 14. The zero-order valence-corrected chi connectivity index (χ0v) is 33.8. The molecule has 61 heavy (non-hydrogen) atoms. The molecule has 0 amide bonds. The Morgan fingerprint density at radius 3 is 1.84 bits per heavy atom. The van der Waals surface area contributed by atoms with E-state index in [0.717, 1.165) is 38.6 Å². The predicted molar refractivity (Wildman–Crippen MR) is 205 cm³/mol. The van der Waals surface area contributed by atoms with Gasteiger partial charge in [-0.1, -0.05) is 36.4 Å². The Balaban J connectivity index is 1.63. The Morgan fingerprint density at radius 2 is 1.26 bits per heavy atom. The standard InChI is InChI=1S/C40H45N3O18/c1-20(44)54-19-27-30(56-21(2)45)31(57-22(3)46)28(41-17-25-34(48)42(4)40(52)43(5)35(25)49)38(59-27)61-32-29(47)26(18-55-36(50)23-13-9-7-10-14-23)58-39(53-6)33(32)60-37(51)24-15-11-8-12-16-24/h7-17,26-33,38-39,47-48H,18-19H2,1-6H3/t26-,27-,28-,29+,30-,31-,32+,33-,38-,39+/m1/s1. The quantitative estimate of drug-likeness (QED) is 0.122. The smallest absolute Gasteiger partial charge is 0.338 e. The van der Waals surface area contributed by atoms with Crippen LogP contribution in [0.3, 0.4) is 0 Å². The largest absolute Gasteiger partial charge is 0.494 e. The summed E-state index contributed by atoms with van der Waals surface area (Å²) in [5.74, 6) is -5.09. The lowest BCUT2D eigenvalue weighted by atomic mass is 9.95. The zero-order valence-electron chi connectivity index (χ0n) is 33.8. The van der Waals surface area contributed by atoms with Crippen LogP contribution in [0.25, 0.3) is 0 Å². The Hall–Kier alpha value is -6.26. The molecule has 2 fully saturated rings. The molecule has 5 rings (SSSR count). The number of esters is 5. The molecule has 2 aliphatic rings. The van der Waals surface area contributed by atoms with Gasteiger partial charge in [0.05, 0.1) is 11.1 Å². The summed E-state index contributed by atoms with van der Waals surface area (Å²) in [5, 5.41) is 22.8. The van der Waals surface area contributed by atoms with Crippen molar-refractivity contribution >= 4 is 36.1 Å². The van der Waals surface area contributed by atoms with Crippen molar-refractivity contribution in [2.75, 3.05) is 20.3 Å². The molecular weight excluding hydrogens is 810 g/mol. The van der Waals surface area contributed by atoms with Crippen molar-refractivity contribution in [2.24, 2.45) is 19.1 Å². The number of aromatic nitrogens is 2. The molecule has 0 unspecified atom stereocenters. The first-order valence-electron chi connectivity index (χ1n) is 18.7. The van der Waals surface area contributed by atoms with Crippen LogP contribution in [0.1, 0.15) is 47.1 Å². The second-order valence-electron chi connectivity index (χ2n) is 13.8. The van der Waals surface area contributed by atoms with Crippen molar-refractivity contribution in [3.05, 3.63) is 98.2 Å². The number of aliphatic imine (C=N–C) groups is 1. The van der Waals surface area contributed by atoms with Gasteiger partial charge in [-0.05, 0) is 24.3 Å². The molecule has 2 aliphatic heterocycles. The molecule has 21 heteroatoms. The van der Waals surface area contributed by atoms with Crippen LogP contribution in [-0.2, 0) is 71.1 Å². The summed E-state index contributed by atoms with van der Waals surface area (Å²) < 4.78 is 53.3. The van der Waals surface area contributed by atoms with Gasteiger partial charge in [0.2, 0.25) is 5.88 Å². The highest BCUT2D eigenvalue weighted by molar-refractivity contribution is 5.90. The average Bonchev–Trinajstić information content (AvgIpc) is 3.24. The fraction of sp³-hybridized carbons (Fsp3) is 0.450. The van der Waals surface area contributed by atoms with Crippen molar-refractivity contribution in [1.29, 1.82) is 0 Å². The highest BCUT2D eigenvalue weighted by atomic mass is 16.8. The van der Waals surface area contributed by atoms with E-state index in [1.54, 1.807) is 36.4 Å². The van der Waals surface area contributed by atoms with Crippen molar-refractivity contribution in [3.63, 3.8) is 0 Å². The van der Waals surface area contributed by atoms with Crippen LogP contribution >= 0.6 is 0 Å². The Bertz CT molecular complexity index is 2210. The number of aliphatic hydroxyl groups excluding tert-OH is 1. The number of carbonyl (C=O) groups excluding carboxylic acids is 5. The van der Waals surface area contributed by atoms with Crippen molar-refractivity contribution < 1.29 is 76.8 Å². The molecule has 21 nitrogen and oxygen atoms in total. The van der Waals surface area contributed by atoms with Gasteiger partial charge in [0, 0.05) is 48.2 Å². The normalized spacial score (nSPS) is 26.2. The number of methoxy groups -OCH3 is 1. The lowest BCUT2D eigenvalue weighted by molar-refractivity contribution is -0.342. The summed E-state index contributed by atoms with van der Waals surface area (Å²) in [6.07, 6.45) is -14.0. The molecule has 3 heterocycles. The van der Waals surface area contributed by atoms with Crippen LogP contribution in [0.2, 0.25) is 0 Å². The molecule has 2 N–H and O–H groups in total. The molecule has 1 aromatic heterocycles. The first-order valence-corrected chi connectivity index (χ1v) is 18.7. The summed E-state index contributed by atoms with van der Waals surface area (Å²) in [5.41, 5.74) is -2.11. The van der Waals surface area contributed by atoms with Crippen LogP contribution in [-0.4, -0.2) is 137 Å². The van der Waals surface area contributed by atoms with E-state index in [2.05, 4.69) is 4.99 Å². The summed E-state index contributed by atoms with van der Waals surface area (Å²) in [4.78, 5) is 93.7. The lowest BCUT2D eigenvalue weighted by Gasteiger charge is -2.47. The maximum atomic E-state index is 13.5. The molecule has 0 saturated carbocycles. The van der Waals surface area contributed by atoms with Gasteiger partial charge in [0.1, 0.15) is 49.2 Å². The third-order valence-corrected chi connectivity index (χ3v) is 9.50. The molecule has 3 aromatic rings. The molecule has 0 bridgehead atoms. The number of nitrogens with zero attached hydrogens (tertiary/aromatic N) is 3. The van der Waals surface area contributed by atoms with E-state index >= 15 is 0 Å². The third-order valence-electron chi connectivity index (χ3n) is 9.50. The second-order valence-corrected chi connectivity index (χ2v) is 13.8.